The lowest BCUT2D eigenvalue weighted by atomic mass is 10.0. The molecule has 6 heteroatoms. The van der Waals surface area contributed by atoms with Crippen molar-refractivity contribution in [3.8, 4) is 0 Å². The van der Waals surface area contributed by atoms with E-state index in [1.165, 1.54) is 6.42 Å². The monoisotopic (exact) mass is 457 g/mol. The summed E-state index contributed by atoms with van der Waals surface area (Å²) in [6.45, 7) is 7.21. The maximum atomic E-state index is 13.2. The van der Waals surface area contributed by atoms with Crippen LogP contribution in [0.5, 0.6) is 0 Å². The van der Waals surface area contributed by atoms with E-state index >= 15 is 0 Å². The molecule has 0 bridgehead atoms. The first kappa shape index (κ1) is 21.4. The average molecular weight is 458 g/mol. The van der Waals surface area contributed by atoms with E-state index in [9.17, 15) is 9.59 Å². The number of anilines is 2. The Hall–Kier alpha value is -2.34. The molecule has 0 spiro atoms. The summed E-state index contributed by atoms with van der Waals surface area (Å²) in [6.07, 6.45) is 3.51. The first-order valence-electron chi connectivity index (χ1n) is 10.3. The fourth-order valence-corrected chi connectivity index (χ4v) is 3.95. The maximum Gasteiger partial charge on any atom is 0.256 e. The van der Waals surface area contributed by atoms with Crippen molar-refractivity contribution in [3.05, 3.63) is 58.1 Å². The topological polar surface area (TPSA) is 52.7 Å². The standard InChI is InChI=1S/C23H28BrN3O2/c1-3-26(4-2)23(29)20-16-19(12-13-21(20)27-14-6-5-7-15-27)25-22(28)17-8-10-18(24)11-9-17/h8-13,16H,3-7,14-15H2,1-2H3,(H,25,28). The van der Waals surface area contributed by atoms with E-state index in [4.69, 9.17) is 0 Å². The molecule has 3 rings (SSSR count). The molecule has 5 nitrogen and oxygen atoms in total. The first-order chi connectivity index (χ1) is 14.0. The largest absolute Gasteiger partial charge is 0.371 e. The van der Waals surface area contributed by atoms with Gasteiger partial charge in [0.25, 0.3) is 11.8 Å². The normalized spacial score (nSPS) is 13.8. The molecule has 1 heterocycles. The number of hydrogen-bond acceptors (Lipinski definition) is 3. The third-order valence-corrected chi connectivity index (χ3v) is 5.87. The molecule has 2 amide bonds. The minimum Gasteiger partial charge on any atom is -0.371 e. The Labute approximate surface area is 181 Å². The number of nitrogens with one attached hydrogen (secondary N) is 1. The number of benzene rings is 2. The summed E-state index contributed by atoms with van der Waals surface area (Å²) in [5.41, 5.74) is 2.83. The molecule has 1 fully saturated rings. The van der Waals surface area contributed by atoms with Crippen LogP contribution < -0.4 is 10.2 Å². The van der Waals surface area contributed by atoms with E-state index in [0.29, 0.717) is 29.9 Å². The van der Waals surface area contributed by atoms with Crippen molar-refractivity contribution in [2.75, 3.05) is 36.4 Å². The summed E-state index contributed by atoms with van der Waals surface area (Å²) >= 11 is 3.38. The number of nitrogens with zero attached hydrogens (tertiary/aromatic N) is 2. The Morgan fingerprint density at radius 1 is 1.00 bits per heavy atom. The van der Waals surface area contributed by atoms with Gasteiger partial charge in [0.1, 0.15) is 0 Å². The molecule has 0 aliphatic carbocycles. The van der Waals surface area contributed by atoms with Crippen molar-refractivity contribution in [1.82, 2.24) is 4.90 Å². The molecule has 2 aromatic carbocycles. The Morgan fingerprint density at radius 2 is 1.66 bits per heavy atom. The Kier molecular flexibility index (Phi) is 7.31. The van der Waals surface area contributed by atoms with Crippen LogP contribution in [0.1, 0.15) is 53.8 Å². The third-order valence-electron chi connectivity index (χ3n) is 5.34. The van der Waals surface area contributed by atoms with Gasteiger partial charge in [-0.3, -0.25) is 9.59 Å². The van der Waals surface area contributed by atoms with Gasteiger partial charge >= 0.3 is 0 Å². The van der Waals surface area contributed by atoms with Gasteiger partial charge < -0.3 is 15.1 Å². The molecule has 1 aliphatic rings. The summed E-state index contributed by atoms with van der Waals surface area (Å²) in [7, 11) is 0. The van der Waals surface area contributed by atoms with Crippen LogP contribution in [-0.4, -0.2) is 42.9 Å². The number of rotatable bonds is 6. The van der Waals surface area contributed by atoms with Crippen molar-refractivity contribution in [3.63, 3.8) is 0 Å². The summed E-state index contributed by atoms with van der Waals surface area (Å²) in [5, 5.41) is 2.93. The molecular weight excluding hydrogens is 430 g/mol. The van der Waals surface area contributed by atoms with Crippen molar-refractivity contribution >= 4 is 39.1 Å². The third kappa shape index (κ3) is 5.18. The number of piperidine rings is 1. The van der Waals surface area contributed by atoms with Crippen LogP contribution >= 0.6 is 15.9 Å². The van der Waals surface area contributed by atoms with Gasteiger partial charge in [0.05, 0.1) is 5.56 Å². The van der Waals surface area contributed by atoms with Gasteiger partial charge in [-0.15, -0.1) is 0 Å². The minimum atomic E-state index is -0.190. The first-order valence-corrected chi connectivity index (χ1v) is 11.1. The van der Waals surface area contributed by atoms with Gasteiger partial charge in [0.2, 0.25) is 0 Å². The highest BCUT2D eigenvalue weighted by atomic mass is 79.9. The molecule has 0 saturated carbocycles. The number of carbonyl (C=O) groups is 2. The van der Waals surface area contributed by atoms with Crippen LogP contribution in [0.3, 0.4) is 0 Å². The lowest BCUT2D eigenvalue weighted by Crippen LogP contribution is -2.35. The Morgan fingerprint density at radius 3 is 2.28 bits per heavy atom. The minimum absolute atomic E-state index is 0.00955. The van der Waals surface area contributed by atoms with E-state index in [1.807, 2.05) is 49.1 Å². The molecule has 0 aromatic heterocycles. The maximum absolute atomic E-state index is 13.2. The summed E-state index contributed by atoms with van der Waals surface area (Å²) in [5.74, 6) is -0.181. The van der Waals surface area contributed by atoms with Crippen LogP contribution in [0.25, 0.3) is 0 Å². The van der Waals surface area contributed by atoms with Crippen LogP contribution in [-0.2, 0) is 0 Å². The van der Waals surface area contributed by atoms with Crippen molar-refractivity contribution < 1.29 is 9.59 Å². The van der Waals surface area contributed by atoms with Gasteiger partial charge in [-0.2, -0.15) is 0 Å². The Bertz CT molecular complexity index is 857. The molecule has 1 saturated heterocycles. The van der Waals surface area contributed by atoms with E-state index in [-0.39, 0.29) is 11.8 Å². The fourth-order valence-electron chi connectivity index (χ4n) is 3.68. The molecule has 0 unspecified atom stereocenters. The van der Waals surface area contributed by atoms with Crippen LogP contribution in [0.4, 0.5) is 11.4 Å². The molecule has 0 atom stereocenters. The van der Waals surface area contributed by atoms with Crippen molar-refractivity contribution in [1.29, 1.82) is 0 Å². The number of carbonyl (C=O) groups excluding carboxylic acids is 2. The summed E-state index contributed by atoms with van der Waals surface area (Å²) in [6, 6.07) is 12.9. The molecule has 0 radical (unpaired) electrons. The lowest BCUT2D eigenvalue weighted by molar-refractivity contribution is 0.0773. The SMILES string of the molecule is CCN(CC)C(=O)c1cc(NC(=O)c2ccc(Br)cc2)ccc1N1CCCCC1. The van der Waals surface area contributed by atoms with E-state index in [0.717, 1.165) is 36.1 Å². The zero-order chi connectivity index (χ0) is 20.8. The zero-order valence-electron chi connectivity index (χ0n) is 17.1. The summed E-state index contributed by atoms with van der Waals surface area (Å²) < 4.78 is 0.923. The zero-order valence-corrected chi connectivity index (χ0v) is 18.7. The van der Waals surface area contributed by atoms with Gasteiger partial charge in [-0.1, -0.05) is 15.9 Å². The molecule has 2 aromatic rings. The van der Waals surface area contributed by atoms with Gasteiger partial charge in [0.15, 0.2) is 0 Å². The number of halogens is 1. The van der Waals surface area contributed by atoms with Gasteiger partial charge in [-0.25, -0.2) is 0 Å². The van der Waals surface area contributed by atoms with Crippen molar-refractivity contribution in [2.45, 2.75) is 33.1 Å². The predicted octanol–water partition coefficient (Wildman–Crippen LogP) is 5.17. The second-order valence-corrected chi connectivity index (χ2v) is 8.13. The van der Waals surface area contributed by atoms with E-state index < -0.39 is 0 Å². The average Bonchev–Trinajstić information content (AvgIpc) is 2.75. The smallest absolute Gasteiger partial charge is 0.256 e. The van der Waals surface area contributed by atoms with Gasteiger partial charge in [-0.05, 0) is 75.6 Å². The number of hydrogen-bond donors (Lipinski definition) is 1. The fraction of sp³-hybridized carbons (Fsp3) is 0.391. The molecule has 1 aliphatic heterocycles. The second kappa shape index (κ2) is 9.92. The molecular formula is C23H28BrN3O2. The van der Waals surface area contributed by atoms with Crippen molar-refractivity contribution in [2.24, 2.45) is 0 Å². The van der Waals surface area contributed by atoms with E-state index in [1.54, 1.807) is 12.1 Å². The highest BCUT2D eigenvalue weighted by molar-refractivity contribution is 9.10. The predicted molar refractivity (Wildman–Crippen MR) is 122 cm³/mol. The number of amides is 2. The molecule has 154 valence electrons. The Balaban J connectivity index is 1.90. The van der Waals surface area contributed by atoms with Crippen LogP contribution in [0.15, 0.2) is 46.9 Å². The molecule has 29 heavy (non-hydrogen) atoms. The lowest BCUT2D eigenvalue weighted by Gasteiger charge is -2.31. The molecule has 1 N–H and O–H groups in total. The highest BCUT2D eigenvalue weighted by Crippen LogP contribution is 2.28. The van der Waals surface area contributed by atoms with Crippen LogP contribution in [0.2, 0.25) is 0 Å². The quantitative estimate of drug-likeness (QED) is 0.650. The van der Waals surface area contributed by atoms with Gasteiger partial charge in [0, 0.05) is 47.6 Å². The van der Waals surface area contributed by atoms with E-state index in [2.05, 4.69) is 26.1 Å². The van der Waals surface area contributed by atoms with Crippen LogP contribution in [0, 0.1) is 0 Å². The summed E-state index contributed by atoms with van der Waals surface area (Å²) in [4.78, 5) is 29.9. The highest BCUT2D eigenvalue weighted by Gasteiger charge is 2.22. The second-order valence-electron chi connectivity index (χ2n) is 7.22.